The van der Waals surface area contributed by atoms with E-state index in [4.69, 9.17) is 14.2 Å². The summed E-state index contributed by atoms with van der Waals surface area (Å²) in [6.45, 7) is 0.953. The molecule has 5 nitrogen and oxygen atoms in total. The van der Waals surface area contributed by atoms with Crippen LogP contribution in [0.1, 0.15) is 0 Å². The molecule has 0 aliphatic carbocycles. The number of benzene rings is 2. The quantitative estimate of drug-likeness (QED) is 0.663. The number of hydrogen-bond acceptors (Lipinski definition) is 4. The zero-order valence-corrected chi connectivity index (χ0v) is 15.7. The summed E-state index contributed by atoms with van der Waals surface area (Å²) < 4.78 is 18.3. The normalized spacial score (nSPS) is 12.6. The Bertz CT molecular complexity index is 721. The van der Waals surface area contributed by atoms with Crippen LogP contribution in [-0.2, 0) is 4.79 Å². The van der Waals surface area contributed by atoms with Crippen molar-refractivity contribution in [2.24, 2.45) is 0 Å². The third-order valence-corrected chi connectivity index (χ3v) is 4.46. The van der Waals surface area contributed by atoms with Crippen LogP contribution in [-0.4, -0.2) is 25.7 Å². The van der Waals surface area contributed by atoms with Crippen molar-refractivity contribution in [2.45, 2.75) is 0 Å². The predicted octanol–water partition coefficient (Wildman–Crippen LogP) is 3.84. The van der Waals surface area contributed by atoms with Gasteiger partial charge in [-0.3, -0.25) is 4.79 Å². The van der Waals surface area contributed by atoms with E-state index in [0.717, 1.165) is 8.04 Å². The Hall–Kier alpha value is -1.48. The van der Waals surface area contributed by atoms with Crippen molar-refractivity contribution >= 4 is 50.1 Å². The number of halogens is 2. The molecule has 23 heavy (non-hydrogen) atoms. The zero-order valence-electron chi connectivity index (χ0n) is 12.0. The number of nitrogens with one attached hydrogen (secondary N) is 1. The fraction of sp³-hybridized carbons (Fsp3) is 0.188. The van der Waals surface area contributed by atoms with E-state index >= 15 is 0 Å². The van der Waals surface area contributed by atoms with E-state index in [9.17, 15) is 4.79 Å². The Balaban J connectivity index is 1.62. The minimum absolute atomic E-state index is 0.0680. The van der Waals surface area contributed by atoms with Crippen molar-refractivity contribution < 1.29 is 19.0 Å². The topological polar surface area (TPSA) is 56.8 Å². The van der Waals surface area contributed by atoms with E-state index in [1.54, 1.807) is 12.1 Å². The summed E-state index contributed by atoms with van der Waals surface area (Å²) >= 11 is 5.63. The van der Waals surface area contributed by atoms with E-state index in [1.165, 1.54) is 0 Å². The van der Waals surface area contributed by atoms with Crippen LogP contribution >= 0.6 is 38.5 Å². The van der Waals surface area contributed by atoms with Crippen LogP contribution in [0.4, 0.5) is 5.69 Å². The van der Waals surface area contributed by atoms with Gasteiger partial charge in [-0.05, 0) is 62.8 Å². The van der Waals surface area contributed by atoms with E-state index in [1.807, 2.05) is 24.3 Å². The minimum atomic E-state index is -0.249. The Morgan fingerprint density at radius 1 is 1.17 bits per heavy atom. The van der Waals surface area contributed by atoms with Crippen LogP contribution in [0.25, 0.3) is 0 Å². The van der Waals surface area contributed by atoms with Gasteiger partial charge < -0.3 is 19.5 Å². The molecule has 0 aromatic heterocycles. The molecular weight excluding hydrogens is 477 g/mol. The van der Waals surface area contributed by atoms with Crippen molar-refractivity contribution in [3.8, 4) is 17.2 Å². The molecule has 0 unspecified atom stereocenters. The molecule has 0 fully saturated rings. The molecule has 1 N–H and O–H groups in total. The number of hydrogen-bond donors (Lipinski definition) is 1. The largest absolute Gasteiger partial charge is 0.486 e. The maximum Gasteiger partial charge on any atom is 0.262 e. The van der Waals surface area contributed by atoms with Crippen LogP contribution in [0.2, 0.25) is 0 Å². The fourth-order valence-electron chi connectivity index (χ4n) is 2.03. The van der Waals surface area contributed by atoms with Gasteiger partial charge in [0, 0.05) is 20.2 Å². The van der Waals surface area contributed by atoms with Gasteiger partial charge in [0.25, 0.3) is 5.91 Å². The lowest BCUT2D eigenvalue weighted by Crippen LogP contribution is -2.21. The molecule has 0 atom stereocenters. The number of carbonyl (C=O) groups excluding carboxylic acids is 1. The maximum atomic E-state index is 12.0. The number of fused-ring (bicyclic) bond motifs is 1. The van der Waals surface area contributed by atoms with Gasteiger partial charge in [0.2, 0.25) is 0 Å². The molecule has 1 aliphatic rings. The van der Waals surface area contributed by atoms with E-state index in [0.29, 0.717) is 36.1 Å². The summed E-state index contributed by atoms with van der Waals surface area (Å²) in [6.07, 6.45) is 0. The van der Waals surface area contributed by atoms with Crippen molar-refractivity contribution in [1.29, 1.82) is 0 Å². The molecule has 1 heterocycles. The van der Waals surface area contributed by atoms with Gasteiger partial charge >= 0.3 is 0 Å². The Morgan fingerprint density at radius 2 is 1.83 bits per heavy atom. The second kappa shape index (κ2) is 7.39. The Morgan fingerprint density at radius 3 is 2.52 bits per heavy atom. The van der Waals surface area contributed by atoms with E-state index in [2.05, 4.69) is 43.8 Å². The molecule has 7 heteroatoms. The van der Waals surface area contributed by atoms with E-state index in [-0.39, 0.29) is 12.5 Å². The van der Waals surface area contributed by atoms with Gasteiger partial charge in [0.05, 0.1) is 5.69 Å². The lowest BCUT2D eigenvalue weighted by atomic mass is 10.2. The Labute approximate surface area is 155 Å². The van der Waals surface area contributed by atoms with Crippen LogP contribution in [0.3, 0.4) is 0 Å². The molecular formula is C16H13BrINO4. The highest BCUT2D eigenvalue weighted by Gasteiger charge is 2.16. The van der Waals surface area contributed by atoms with E-state index < -0.39 is 0 Å². The lowest BCUT2D eigenvalue weighted by Gasteiger charge is -2.20. The maximum absolute atomic E-state index is 12.0. The number of anilines is 1. The first-order valence-corrected chi connectivity index (χ1v) is 8.76. The molecule has 0 saturated heterocycles. The third kappa shape index (κ3) is 4.29. The molecule has 0 saturated carbocycles. The summed E-state index contributed by atoms with van der Waals surface area (Å²) in [5.41, 5.74) is 0.616. The van der Waals surface area contributed by atoms with Crippen molar-refractivity contribution in [1.82, 2.24) is 0 Å². The molecule has 0 radical (unpaired) electrons. The number of rotatable bonds is 4. The first kappa shape index (κ1) is 16.4. The van der Waals surface area contributed by atoms with Gasteiger partial charge in [0.15, 0.2) is 18.1 Å². The first-order valence-electron chi connectivity index (χ1n) is 6.89. The highest BCUT2D eigenvalue weighted by atomic mass is 127. The number of amides is 1. The van der Waals surface area contributed by atoms with Crippen LogP contribution in [0.5, 0.6) is 17.2 Å². The standard InChI is InChI=1S/C16H13BrINO4/c17-12-7-14-15(22-6-5-21-14)8-13(12)19-16(20)9-23-11-3-1-10(18)2-4-11/h1-4,7-8H,5-6,9H2,(H,19,20). The second-order valence-corrected chi connectivity index (χ2v) is 6.87. The van der Waals surface area contributed by atoms with Gasteiger partial charge in [-0.1, -0.05) is 0 Å². The first-order chi connectivity index (χ1) is 11.1. The molecule has 1 aliphatic heterocycles. The number of ether oxygens (including phenoxy) is 3. The third-order valence-electron chi connectivity index (χ3n) is 3.09. The van der Waals surface area contributed by atoms with Gasteiger partial charge in [-0.15, -0.1) is 0 Å². The molecule has 0 bridgehead atoms. The Kier molecular flexibility index (Phi) is 5.27. The van der Waals surface area contributed by atoms with Gasteiger partial charge in [-0.2, -0.15) is 0 Å². The van der Waals surface area contributed by atoms with Crippen LogP contribution in [0, 0.1) is 3.57 Å². The highest BCUT2D eigenvalue weighted by molar-refractivity contribution is 14.1. The SMILES string of the molecule is O=C(COc1ccc(I)cc1)Nc1cc2c(cc1Br)OCCO2. The van der Waals surface area contributed by atoms with Gasteiger partial charge in [-0.25, -0.2) is 0 Å². The molecule has 2 aromatic carbocycles. The molecule has 0 spiro atoms. The molecule has 1 amide bonds. The predicted molar refractivity (Wildman–Crippen MR) is 98.4 cm³/mol. The summed E-state index contributed by atoms with van der Waals surface area (Å²) in [5, 5.41) is 2.79. The summed E-state index contributed by atoms with van der Waals surface area (Å²) in [5.74, 6) is 1.69. The zero-order chi connectivity index (χ0) is 16.2. The van der Waals surface area contributed by atoms with Crippen molar-refractivity contribution in [3.63, 3.8) is 0 Å². The lowest BCUT2D eigenvalue weighted by molar-refractivity contribution is -0.118. The van der Waals surface area contributed by atoms with Gasteiger partial charge in [0.1, 0.15) is 19.0 Å². The molecule has 120 valence electrons. The monoisotopic (exact) mass is 489 g/mol. The average molecular weight is 490 g/mol. The van der Waals surface area contributed by atoms with Crippen LogP contribution in [0.15, 0.2) is 40.9 Å². The summed E-state index contributed by atoms with van der Waals surface area (Å²) in [7, 11) is 0. The smallest absolute Gasteiger partial charge is 0.262 e. The van der Waals surface area contributed by atoms with Crippen molar-refractivity contribution in [2.75, 3.05) is 25.1 Å². The summed E-state index contributed by atoms with van der Waals surface area (Å²) in [6, 6.07) is 11.0. The highest BCUT2D eigenvalue weighted by Crippen LogP contribution is 2.38. The number of carbonyl (C=O) groups is 1. The molecule has 2 aromatic rings. The van der Waals surface area contributed by atoms with Crippen molar-refractivity contribution in [3.05, 3.63) is 44.4 Å². The minimum Gasteiger partial charge on any atom is -0.486 e. The fourth-order valence-corrected chi connectivity index (χ4v) is 2.81. The second-order valence-electron chi connectivity index (χ2n) is 4.77. The molecule has 3 rings (SSSR count). The average Bonchev–Trinajstić information content (AvgIpc) is 2.55. The van der Waals surface area contributed by atoms with Crippen LogP contribution < -0.4 is 19.5 Å². The summed E-state index contributed by atoms with van der Waals surface area (Å²) in [4.78, 5) is 12.0.